The monoisotopic (exact) mass is 282 g/mol. The third-order valence-electron chi connectivity index (χ3n) is 2.39. The highest BCUT2D eigenvalue weighted by atomic mass is 32.2. The Morgan fingerprint density at radius 3 is 2.47 bits per heavy atom. The van der Waals surface area contributed by atoms with E-state index in [9.17, 15) is 8.42 Å². The molecule has 2 N–H and O–H groups in total. The van der Waals surface area contributed by atoms with E-state index in [4.69, 9.17) is 4.42 Å². The summed E-state index contributed by atoms with van der Waals surface area (Å²) in [5, 5.41) is 2.71. The lowest BCUT2D eigenvalue weighted by molar-refractivity contribution is 0.475. The summed E-state index contributed by atoms with van der Waals surface area (Å²) in [6.45, 7) is 1.88. The van der Waals surface area contributed by atoms with Gasteiger partial charge < -0.3 is 9.73 Å². The van der Waals surface area contributed by atoms with Crippen molar-refractivity contribution in [3.8, 4) is 0 Å². The summed E-state index contributed by atoms with van der Waals surface area (Å²) in [5.74, 6) is 1.64. The molecule has 0 spiro atoms. The van der Waals surface area contributed by atoms with Gasteiger partial charge in [0.1, 0.15) is 16.4 Å². The minimum absolute atomic E-state index is 0.00905. The molecule has 0 saturated heterocycles. The van der Waals surface area contributed by atoms with Crippen molar-refractivity contribution < 1.29 is 12.8 Å². The molecule has 0 fully saturated rings. The van der Waals surface area contributed by atoms with E-state index in [2.05, 4.69) is 20.0 Å². The molecule has 0 aliphatic rings. The Balaban J connectivity index is 2.09. The van der Waals surface area contributed by atoms with Crippen LogP contribution in [0.1, 0.15) is 11.5 Å². The van der Waals surface area contributed by atoms with Crippen LogP contribution in [-0.4, -0.2) is 25.4 Å². The van der Waals surface area contributed by atoms with E-state index in [1.807, 2.05) is 0 Å². The largest absolute Gasteiger partial charge is 0.465 e. The van der Waals surface area contributed by atoms with Gasteiger partial charge in [-0.3, -0.25) is 0 Å². The number of aryl methyl sites for hydroxylation is 1. The van der Waals surface area contributed by atoms with Crippen LogP contribution in [0, 0.1) is 6.92 Å². The third-order valence-corrected chi connectivity index (χ3v) is 3.75. The van der Waals surface area contributed by atoms with Gasteiger partial charge in [0.05, 0.1) is 18.9 Å². The summed E-state index contributed by atoms with van der Waals surface area (Å²) in [7, 11) is -1.98. The van der Waals surface area contributed by atoms with Crippen LogP contribution in [0.5, 0.6) is 0 Å². The Morgan fingerprint density at radius 1 is 1.26 bits per heavy atom. The fourth-order valence-electron chi connectivity index (χ4n) is 1.41. The second-order valence-corrected chi connectivity index (χ2v) is 5.60. The Bertz CT molecular complexity index is 649. The van der Waals surface area contributed by atoms with E-state index in [1.165, 1.54) is 12.4 Å². The predicted molar refractivity (Wildman–Crippen MR) is 69.0 cm³/mol. The van der Waals surface area contributed by atoms with Gasteiger partial charge in [0.15, 0.2) is 0 Å². The van der Waals surface area contributed by atoms with Gasteiger partial charge in [-0.1, -0.05) is 0 Å². The number of rotatable bonds is 5. The van der Waals surface area contributed by atoms with Crippen LogP contribution in [0.3, 0.4) is 0 Å². The van der Waals surface area contributed by atoms with E-state index in [0.29, 0.717) is 11.7 Å². The average molecular weight is 282 g/mol. The number of hydrogen-bond acceptors (Lipinski definition) is 6. The highest BCUT2D eigenvalue weighted by Crippen LogP contribution is 2.10. The van der Waals surface area contributed by atoms with Gasteiger partial charge in [-0.15, -0.1) is 0 Å². The van der Waals surface area contributed by atoms with E-state index in [-0.39, 0.29) is 11.4 Å². The van der Waals surface area contributed by atoms with E-state index < -0.39 is 10.0 Å². The van der Waals surface area contributed by atoms with Crippen molar-refractivity contribution in [3.05, 3.63) is 36.0 Å². The minimum Gasteiger partial charge on any atom is -0.465 e. The summed E-state index contributed by atoms with van der Waals surface area (Å²) in [5.41, 5.74) is 0. The van der Waals surface area contributed by atoms with Crippen molar-refractivity contribution >= 4 is 16.0 Å². The van der Waals surface area contributed by atoms with Gasteiger partial charge in [0, 0.05) is 7.05 Å². The number of nitrogens with one attached hydrogen (secondary N) is 2. The van der Waals surface area contributed by atoms with Gasteiger partial charge >= 0.3 is 0 Å². The molecule has 0 radical (unpaired) electrons. The maximum atomic E-state index is 12.0. The highest BCUT2D eigenvalue weighted by molar-refractivity contribution is 7.89. The summed E-state index contributed by atoms with van der Waals surface area (Å²) in [4.78, 5) is 7.72. The summed E-state index contributed by atoms with van der Waals surface area (Å²) in [6, 6.07) is 3.49. The van der Waals surface area contributed by atoms with Crippen LogP contribution in [0.15, 0.2) is 33.8 Å². The lowest BCUT2D eigenvalue weighted by atomic mass is 10.4. The molecular weight excluding hydrogens is 268 g/mol. The molecular formula is C11H14N4O3S. The lowest BCUT2D eigenvalue weighted by Crippen LogP contribution is -2.23. The number of aromatic nitrogens is 2. The summed E-state index contributed by atoms with van der Waals surface area (Å²) < 4.78 is 31.6. The van der Waals surface area contributed by atoms with E-state index in [1.54, 1.807) is 26.1 Å². The zero-order chi connectivity index (χ0) is 13.9. The zero-order valence-electron chi connectivity index (χ0n) is 10.5. The first-order valence-electron chi connectivity index (χ1n) is 5.56. The molecule has 8 heteroatoms. The normalized spacial score (nSPS) is 11.5. The molecule has 0 amide bonds. The molecule has 7 nitrogen and oxygen atoms in total. The number of anilines is 1. The fraction of sp³-hybridized carbons (Fsp3) is 0.273. The molecule has 0 unspecified atom stereocenters. The Labute approximate surface area is 111 Å². The quantitative estimate of drug-likeness (QED) is 0.845. The van der Waals surface area contributed by atoms with Crippen molar-refractivity contribution in [1.82, 2.24) is 14.7 Å². The molecule has 0 aliphatic carbocycles. The van der Waals surface area contributed by atoms with Crippen LogP contribution >= 0.6 is 0 Å². The maximum Gasteiger partial charge on any atom is 0.244 e. The predicted octanol–water partition coefficient (Wildman–Crippen LogP) is 0.898. The van der Waals surface area contributed by atoms with Gasteiger partial charge in [0.25, 0.3) is 0 Å². The van der Waals surface area contributed by atoms with Crippen LogP contribution < -0.4 is 10.0 Å². The van der Waals surface area contributed by atoms with Gasteiger partial charge in [0.2, 0.25) is 16.0 Å². The molecule has 2 aromatic rings. The molecule has 19 heavy (non-hydrogen) atoms. The first kappa shape index (κ1) is 13.5. The molecule has 0 aliphatic heterocycles. The smallest absolute Gasteiger partial charge is 0.244 e. The van der Waals surface area contributed by atoms with Crippen LogP contribution in [0.2, 0.25) is 0 Å². The first-order chi connectivity index (χ1) is 9.01. The van der Waals surface area contributed by atoms with E-state index in [0.717, 1.165) is 5.76 Å². The molecule has 0 saturated carbocycles. The van der Waals surface area contributed by atoms with Crippen molar-refractivity contribution in [3.63, 3.8) is 0 Å². The molecule has 102 valence electrons. The molecule has 2 heterocycles. The van der Waals surface area contributed by atoms with Gasteiger partial charge in [-0.05, 0) is 19.1 Å². The van der Waals surface area contributed by atoms with Crippen molar-refractivity contribution in [1.29, 1.82) is 0 Å². The molecule has 0 aromatic carbocycles. The number of sulfonamides is 1. The number of furan rings is 1. The second-order valence-electron chi connectivity index (χ2n) is 3.83. The van der Waals surface area contributed by atoms with E-state index >= 15 is 0 Å². The van der Waals surface area contributed by atoms with Gasteiger partial charge in [-0.2, -0.15) is 0 Å². The number of nitrogens with zero attached hydrogens (tertiary/aromatic N) is 2. The third kappa shape index (κ3) is 3.30. The van der Waals surface area contributed by atoms with Crippen LogP contribution in [-0.2, 0) is 16.6 Å². The highest BCUT2D eigenvalue weighted by Gasteiger charge is 2.15. The van der Waals surface area contributed by atoms with Crippen LogP contribution in [0.4, 0.5) is 5.95 Å². The lowest BCUT2D eigenvalue weighted by Gasteiger charge is -2.05. The Morgan fingerprint density at radius 2 is 1.95 bits per heavy atom. The van der Waals surface area contributed by atoms with Gasteiger partial charge in [-0.25, -0.2) is 23.1 Å². The first-order valence-corrected chi connectivity index (χ1v) is 7.04. The molecule has 2 rings (SSSR count). The van der Waals surface area contributed by atoms with Crippen molar-refractivity contribution in [2.24, 2.45) is 0 Å². The topological polar surface area (TPSA) is 97.1 Å². The van der Waals surface area contributed by atoms with Crippen molar-refractivity contribution in [2.45, 2.75) is 18.4 Å². The molecule has 0 bridgehead atoms. The summed E-state index contributed by atoms with van der Waals surface area (Å²) in [6.07, 6.45) is 2.49. The van der Waals surface area contributed by atoms with Crippen LogP contribution in [0.25, 0.3) is 0 Å². The molecule has 0 atom stereocenters. The Kier molecular flexibility index (Phi) is 3.82. The van der Waals surface area contributed by atoms with Crippen molar-refractivity contribution in [2.75, 3.05) is 12.4 Å². The Hall–Kier alpha value is -1.93. The zero-order valence-corrected chi connectivity index (χ0v) is 11.4. The SMILES string of the molecule is CNc1ncc(S(=O)(=O)NCc2ccc(C)o2)cn1. The molecule has 2 aromatic heterocycles. The minimum atomic E-state index is -3.64. The fourth-order valence-corrected chi connectivity index (χ4v) is 2.30. The average Bonchev–Trinajstić information content (AvgIpc) is 2.82. The second kappa shape index (κ2) is 5.37. The number of hydrogen-bond donors (Lipinski definition) is 2. The standard InChI is InChI=1S/C11H14N4O3S/c1-8-3-4-9(18-8)5-15-19(16,17)10-6-13-11(12-2)14-7-10/h3-4,6-7,15H,5H2,1-2H3,(H,12,13,14). The summed E-state index contributed by atoms with van der Waals surface area (Å²) >= 11 is 0. The maximum absolute atomic E-state index is 12.0.